The number of allylic oxidation sites excluding steroid dienone is 6. The lowest BCUT2D eigenvalue weighted by Crippen LogP contribution is -2.31. The summed E-state index contributed by atoms with van der Waals surface area (Å²) in [7, 11) is -1.12. The first-order valence-corrected chi connectivity index (χ1v) is 9.41. The predicted molar refractivity (Wildman–Crippen MR) is 79.7 cm³/mol. The van der Waals surface area contributed by atoms with Crippen molar-refractivity contribution < 1.29 is 0 Å². The third-order valence-electron chi connectivity index (χ3n) is 3.14. The van der Waals surface area contributed by atoms with Crippen LogP contribution >= 0.6 is 0 Å². The van der Waals surface area contributed by atoms with Crippen molar-refractivity contribution in [3.8, 4) is 0 Å². The van der Waals surface area contributed by atoms with Crippen LogP contribution in [0, 0.1) is 0 Å². The zero-order valence-corrected chi connectivity index (χ0v) is 12.5. The van der Waals surface area contributed by atoms with Crippen LogP contribution in [0.15, 0.2) is 36.5 Å². The van der Waals surface area contributed by atoms with Crippen LogP contribution in [0.5, 0.6) is 0 Å². The Morgan fingerprint density at radius 2 is 1.12 bits per heavy atom. The molecule has 0 atom stereocenters. The van der Waals surface area contributed by atoms with Gasteiger partial charge in [-0.3, -0.25) is 0 Å². The molecule has 0 heterocycles. The third-order valence-corrected chi connectivity index (χ3v) is 8.01. The zero-order chi connectivity index (χ0) is 12.3. The predicted octanol–water partition coefficient (Wildman–Crippen LogP) is 5.57. The lowest BCUT2D eigenvalue weighted by atomic mass is 10.5. The lowest BCUT2D eigenvalue weighted by Gasteiger charge is -2.28. The first-order chi connectivity index (χ1) is 7.74. The van der Waals surface area contributed by atoms with Crippen LogP contribution in [-0.4, -0.2) is 8.07 Å². The van der Waals surface area contributed by atoms with Crippen molar-refractivity contribution in [2.75, 3.05) is 0 Å². The van der Waals surface area contributed by atoms with Crippen molar-refractivity contribution in [3.05, 3.63) is 36.5 Å². The van der Waals surface area contributed by atoms with Crippen LogP contribution in [0.2, 0.25) is 24.2 Å². The van der Waals surface area contributed by atoms with E-state index >= 15 is 0 Å². The molecule has 0 bridgehead atoms. The molecule has 0 aliphatic rings. The van der Waals surface area contributed by atoms with Crippen LogP contribution in [-0.2, 0) is 0 Å². The van der Waals surface area contributed by atoms with Gasteiger partial charge in [-0.2, -0.15) is 0 Å². The molecule has 0 rings (SSSR count). The Balaban J connectivity index is 4.70. The fraction of sp³-hybridized carbons (Fsp3) is 0.600. The summed E-state index contributed by atoms with van der Waals surface area (Å²) in [4.78, 5) is 0. The van der Waals surface area contributed by atoms with E-state index in [-0.39, 0.29) is 0 Å². The van der Waals surface area contributed by atoms with E-state index in [0.717, 1.165) is 0 Å². The molecular formula is C15H28Si. The van der Waals surface area contributed by atoms with Gasteiger partial charge in [-0.15, -0.1) is 0 Å². The number of hydrogen-bond donors (Lipinski definition) is 0. The summed E-state index contributed by atoms with van der Waals surface area (Å²) < 4.78 is 0. The Morgan fingerprint density at radius 3 is 1.38 bits per heavy atom. The lowest BCUT2D eigenvalue weighted by molar-refractivity contribution is 1.02. The molecule has 0 fully saturated rings. The highest BCUT2D eigenvalue weighted by atomic mass is 28.3. The minimum Gasteiger partial charge on any atom is -0.0919 e. The second-order valence-corrected chi connectivity index (χ2v) is 9.29. The third kappa shape index (κ3) is 6.11. The SMILES string of the molecule is CC=CC[Si](CC=CC)(CC=CC)CCC. The topological polar surface area (TPSA) is 0 Å². The fourth-order valence-corrected chi connectivity index (χ4v) is 6.57. The Bertz CT molecular complexity index is 200. The summed E-state index contributed by atoms with van der Waals surface area (Å²) in [5, 5.41) is 0. The number of rotatable bonds is 8. The average molecular weight is 236 g/mol. The van der Waals surface area contributed by atoms with Crippen molar-refractivity contribution in [1.82, 2.24) is 0 Å². The summed E-state index contributed by atoms with van der Waals surface area (Å²) >= 11 is 0. The maximum Gasteiger partial charge on any atom is 0.0648 e. The standard InChI is InChI=1S/C15H28Si/c1-5-9-13-16(12-8-4,14-10-6-2)15-11-7-3/h5-7,9-11H,8,12-15H2,1-4H3. The molecule has 16 heavy (non-hydrogen) atoms. The van der Waals surface area contributed by atoms with Crippen molar-refractivity contribution in [2.24, 2.45) is 0 Å². The van der Waals surface area contributed by atoms with E-state index in [1.807, 2.05) is 0 Å². The summed E-state index contributed by atoms with van der Waals surface area (Å²) in [6.07, 6.45) is 15.1. The molecule has 0 radical (unpaired) electrons. The van der Waals surface area contributed by atoms with Crippen LogP contribution in [0.1, 0.15) is 34.1 Å². The van der Waals surface area contributed by atoms with Crippen LogP contribution in [0.4, 0.5) is 0 Å². The highest BCUT2D eigenvalue weighted by molar-refractivity contribution is 6.81. The Labute approximate surface area is 103 Å². The van der Waals surface area contributed by atoms with Crippen molar-refractivity contribution >= 4 is 8.07 Å². The minimum absolute atomic E-state index is 1.12. The zero-order valence-electron chi connectivity index (χ0n) is 11.5. The highest BCUT2D eigenvalue weighted by Crippen LogP contribution is 2.29. The van der Waals surface area contributed by atoms with Crippen molar-refractivity contribution in [2.45, 2.75) is 58.3 Å². The molecule has 0 N–H and O–H groups in total. The van der Waals surface area contributed by atoms with Gasteiger partial charge in [-0.25, -0.2) is 0 Å². The van der Waals surface area contributed by atoms with Gasteiger partial charge in [0.25, 0.3) is 0 Å². The number of hydrogen-bond acceptors (Lipinski definition) is 0. The Morgan fingerprint density at radius 1 is 0.750 bits per heavy atom. The van der Waals surface area contributed by atoms with Gasteiger partial charge in [-0.05, 0) is 38.9 Å². The quantitative estimate of drug-likeness (QED) is 0.381. The second kappa shape index (κ2) is 9.65. The second-order valence-electron chi connectivity index (χ2n) is 4.57. The van der Waals surface area contributed by atoms with E-state index in [9.17, 15) is 0 Å². The van der Waals surface area contributed by atoms with Crippen LogP contribution < -0.4 is 0 Å². The van der Waals surface area contributed by atoms with E-state index < -0.39 is 8.07 Å². The Kier molecular flexibility index (Phi) is 9.31. The summed E-state index contributed by atoms with van der Waals surface area (Å²) in [6.45, 7) is 8.73. The highest BCUT2D eigenvalue weighted by Gasteiger charge is 2.27. The summed E-state index contributed by atoms with van der Waals surface area (Å²) in [5.74, 6) is 0. The average Bonchev–Trinajstić information content (AvgIpc) is 2.31. The van der Waals surface area contributed by atoms with E-state index in [1.165, 1.54) is 30.6 Å². The normalized spacial score (nSPS) is 16.5. The van der Waals surface area contributed by atoms with Crippen LogP contribution in [0.25, 0.3) is 0 Å². The monoisotopic (exact) mass is 236 g/mol. The fourth-order valence-electron chi connectivity index (χ4n) is 2.19. The molecule has 0 saturated heterocycles. The molecule has 0 spiro atoms. The van der Waals surface area contributed by atoms with E-state index in [4.69, 9.17) is 0 Å². The van der Waals surface area contributed by atoms with Gasteiger partial charge in [0.15, 0.2) is 0 Å². The van der Waals surface area contributed by atoms with Crippen molar-refractivity contribution in [3.63, 3.8) is 0 Å². The molecule has 92 valence electrons. The van der Waals surface area contributed by atoms with E-state index in [1.54, 1.807) is 0 Å². The van der Waals surface area contributed by atoms with E-state index in [2.05, 4.69) is 64.2 Å². The molecule has 0 nitrogen and oxygen atoms in total. The molecule has 0 unspecified atom stereocenters. The first-order valence-electron chi connectivity index (χ1n) is 6.58. The largest absolute Gasteiger partial charge is 0.0919 e. The minimum atomic E-state index is -1.12. The maximum atomic E-state index is 2.38. The summed E-state index contributed by atoms with van der Waals surface area (Å²) in [5.41, 5.74) is 0. The van der Waals surface area contributed by atoms with Gasteiger partial charge in [-0.1, -0.05) is 55.8 Å². The molecule has 0 saturated carbocycles. The molecule has 0 amide bonds. The summed E-state index contributed by atoms with van der Waals surface area (Å²) in [6, 6.07) is 5.47. The smallest absolute Gasteiger partial charge is 0.0648 e. The van der Waals surface area contributed by atoms with Gasteiger partial charge >= 0.3 is 0 Å². The molecule has 0 aromatic heterocycles. The van der Waals surface area contributed by atoms with Gasteiger partial charge in [0.1, 0.15) is 0 Å². The van der Waals surface area contributed by atoms with Gasteiger partial charge in [0.2, 0.25) is 0 Å². The van der Waals surface area contributed by atoms with E-state index in [0.29, 0.717) is 0 Å². The molecule has 1 heteroatoms. The molecule has 0 aromatic carbocycles. The van der Waals surface area contributed by atoms with Crippen molar-refractivity contribution in [1.29, 1.82) is 0 Å². The molecule has 0 aliphatic carbocycles. The van der Waals surface area contributed by atoms with Gasteiger partial charge in [0, 0.05) is 0 Å². The first kappa shape index (κ1) is 15.4. The molecular weight excluding hydrogens is 208 g/mol. The maximum absolute atomic E-state index is 2.38. The van der Waals surface area contributed by atoms with Gasteiger partial charge in [0.05, 0.1) is 8.07 Å². The molecule has 0 aromatic rings. The van der Waals surface area contributed by atoms with Crippen LogP contribution in [0.3, 0.4) is 0 Å². The Hall–Kier alpha value is -0.563. The van der Waals surface area contributed by atoms with Gasteiger partial charge < -0.3 is 0 Å². The molecule has 0 aliphatic heterocycles.